The number of carbonyl (C=O) groups excluding carboxylic acids is 2. The summed E-state index contributed by atoms with van der Waals surface area (Å²) in [6, 6.07) is 6.00. The molecular weight excluding hydrogens is 286 g/mol. The van der Waals surface area contributed by atoms with Crippen molar-refractivity contribution in [3.8, 4) is 0 Å². The summed E-state index contributed by atoms with van der Waals surface area (Å²) in [5.41, 5.74) is 1.63. The van der Waals surface area contributed by atoms with Gasteiger partial charge in [-0.1, -0.05) is 32.9 Å². The average Bonchev–Trinajstić information content (AvgIpc) is 2.72. The maximum absolute atomic E-state index is 12.0. The van der Waals surface area contributed by atoms with Crippen LogP contribution in [0.3, 0.4) is 0 Å². The van der Waals surface area contributed by atoms with E-state index in [-0.39, 0.29) is 11.3 Å². The molecule has 0 radical (unpaired) electrons. The SMILES string of the molecule is COC(=O)c1c(NC(C)=O)sc2cc(C(C)(C)C)ccc12. The molecule has 0 aliphatic heterocycles. The van der Waals surface area contributed by atoms with Crippen LogP contribution in [-0.2, 0) is 14.9 Å². The number of benzene rings is 1. The fourth-order valence-corrected chi connectivity index (χ4v) is 3.29. The highest BCUT2D eigenvalue weighted by molar-refractivity contribution is 7.23. The molecule has 0 unspecified atom stereocenters. The van der Waals surface area contributed by atoms with Gasteiger partial charge in [-0.25, -0.2) is 4.79 Å². The van der Waals surface area contributed by atoms with E-state index in [1.165, 1.54) is 30.9 Å². The zero-order chi connectivity index (χ0) is 15.8. The van der Waals surface area contributed by atoms with Crippen molar-refractivity contribution in [1.29, 1.82) is 0 Å². The fraction of sp³-hybridized carbons (Fsp3) is 0.375. The van der Waals surface area contributed by atoms with Crippen molar-refractivity contribution < 1.29 is 14.3 Å². The molecule has 0 bridgehead atoms. The highest BCUT2D eigenvalue weighted by Gasteiger charge is 2.22. The summed E-state index contributed by atoms with van der Waals surface area (Å²) in [6.07, 6.45) is 0. The molecule has 1 amide bonds. The van der Waals surface area contributed by atoms with Gasteiger partial charge >= 0.3 is 5.97 Å². The smallest absolute Gasteiger partial charge is 0.341 e. The van der Waals surface area contributed by atoms with Gasteiger partial charge in [-0.15, -0.1) is 11.3 Å². The number of amides is 1. The highest BCUT2D eigenvalue weighted by Crippen LogP contribution is 2.38. The Labute approximate surface area is 128 Å². The van der Waals surface area contributed by atoms with Gasteiger partial charge in [0.15, 0.2) is 0 Å². The van der Waals surface area contributed by atoms with Crippen LogP contribution in [0.15, 0.2) is 18.2 Å². The van der Waals surface area contributed by atoms with Gasteiger partial charge in [-0.2, -0.15) is 0 Å². The Bertz CT molecular complexity index is 710. The minimum absolute atomic E-state index is 0.0256. The molecule has 21 heavy (non-hydrogen) atoms. The molecule has 0 saturated carbocycles. The van der Waals surface area contributed by atoms with Crippen molar-refractivity contribution in [3.63, 3.8) is 0 Å². The number of fused-ring (bicyclic) bond motifs is 1. The van der Waals surface area contributed by atoms with E-state index in [9.17, 15) is 9.59 Å². The first-order chi connectivity index (χ1) is 9.74. The third-order valence-corrected chi connectivity index (χ3v) is 4.30. The van der Waals surface area contributed by atoms with Gasteiger partial charge < -0.3 is 10.1 Å². The Morgan fingerprint density at radius 1 is 1.24 bits per heavy atom. The molecule has 1 aromatic carbocycles. The van der Waals surface area contributed by atoms with Crippen molar-refractivity contribution in [3.05, 3.63) is 29.3 Å². The third kappa shape index (κ3) is 3.08. The number of anilines is 1. The number of carbonyl (C=O) groups is 2. The number of hydrogen-bond donors (Lipinski definition) is 1. The number of methoxy groups -OCH3 is 1. The second-order valence-corrected chi connectivity index (χ2v) is 6.99. The van der Waals surface area contributed by atoms with Crippen LogP contribution in [0.2, 0.25) is 0 Å². The van der Waals surface area contributed by atoms with E-state index in [2.05, 4.69) is 32.2 Å². The topological polar surface area (TPSA) is 55.4 Å². The van der Waals surface area contributed by atoms with Gasteiger partial charge in [0.25, 0.3) is 0 Å². The summed E-state index contributed by atoms with van der Waals surface area (Å²) in [7, 11) is 1.34. The first kappa shape index (κ1) is 15.5. The minimum Gasteiger partial charge on any atom is -0.465 e. The van der Waals surface area contributed by atoms with Gasteiger partial charge in [-0.05, 0) is 17.0 Å². The van der Waals surface area contributed by atoms with Gasteiger partial charge in [0.05, 0.1) is 7.11 Å². The molecule has 1 N–H and O–H groups in total. The monoisotopic (exact) mass is 305 g/mol. The lowest BCUT2D eigenvalue weighted by atomic mass is 9.87. The Morgan fingerprint density at radius 3 is 2.43 bits per heavy atom. The predicted molar refractivity (Wildman–Crippen MR) is 86.2 cm³/mol. The zero-order valence-electron chi connectivity index (χ0n) is 12.9. The lowest BCUT2D eigenvalue weighted by Gasteiger charge is -2.18. The number of hydrogen-bond acceptors (Lipinski definition) is 4. The Morgan fingerprint density at radius 2 is 1.90 bits per heavy atom. The number of esters is 1. The van der Waals surface area contributed by atoms with E-state index in [1.807, 2.05) is 12.1 Å². The van der Waals surface area contributed by atoms with Crippen molar-refractivity contribution in [2.45, 2.75) is 33.1 Å². The Kier molecular flexibility index (Phi) is 4.05. The molecule has 0 fully saturated rings. The van der Waals surface area contributed by atoms with Crippen molar-refractivity contribution >= 4 is 38.3 Å². The molecule has 0 atom stereocenters. The summed E-state index contributed by atoms with van der Waals surface area (Å²) in [6.45, 7) is 7.83. The van der Waals surface area contributed by atoms with E-state index in [4.69, 9.17) is 4.74 Å². The predicted octanol–water partition coefficient (Wildman–Crippen LogP) is 3.94. The average molecular weight is 305 g/mol. The molecular formula is C16H19NO3S. The van der Waals surface area contributed by atoms with Gasteiger partial charge in [0.1, 0.15) is 10.6 Å². The molecule has 0 aliphatic carbocycles. The molecule has 0 spiro atoms. The quantitative estimate of drug-likeness (QED) is 0.855. The molecule has 4 nitrogen and oxygen atoms in total. The molecule has 5 heteroatoms. The Hall–Kier alpha value is -1.88. The molecule has 1 heterocycles. The largest absolute Gasteiger partial charge is 0.465 e. The lowest BCUT2D eigenvalue weighted by molar-refractivity contribution is -0.114. The van der Waals surface area contributed by atoms with Crippen LogP contribution in [0.25, 0.3) is 10.1 Å². The summed E-state index contributed by atoms with van der Waals surface area (Å²) in [5, 5.41) is 4.06. The van der Waals surface area contributed by atoms with Crippen LogP contribution < -0.4 is 5.32 Å². The first-order valence-electron chi connectivity index (χ1n) is 6.67. The van der Waals surface area contributed by atoms with Gasteiger partial charge in [0.2, 0.25) is 5.91 Å². The van der Waals surface area contributed by atoms with Crippen LogP contribution in [0.5, 0.6) is 0 Å². The number of rotatable bonds is 2. The highest BCUT2D eigenvalue weighted by atomic mass is 32.1. The van der Waals surface area contributed by atoms with Crippen LogP contribution in [0.4, 0.5) is 5.00 Å². The molecule has 1 aromatic heterocycles. The molecule has 0 aliphatic rings. The van der Waals surface area contributed by atoms with E-state index >= 15 is 0 Å². The number of nitrogens with one attached hydrogen (secondary N) is 1. The van der Waals surface area contributed by atoms with E-state index < -0.39 is 5.97 Å². The van der Waals surface area contributed by atoms with E-state index in [0.29, 0.717) is 10.6 Å². The van der Waals surface area contributed by atoms with Crippen LogP contribution in [0.1, 0.15) is 43.6 Å². The van der Waals surface area contributed by atoms with Crippen LogP contribution in [0, 0.1) is 0 Å². The standard InChI is InChI=1S/C16H19NO3S/c1-9(18)17-14-13(15(19)20-5)11-7-6-10(16(2,3)4)8-12(11)21-14/h6-8H,1-5H3,(H,17,18). The van der Waals surface area contributed by atoms with E-state index in [0.717, 1.165) is 10.1 Å². The van der Waals surface area contributed by atoms with Gasteiger partial charge in [-0.3, -0.25) is 4.79 Å². The molecule has 2 rings (SSSR count). The summed E-state index contributed by atoms with van der Waals surface area (Å²) >= 11 is 1.39. The van der Waals surface area contributed by atoms with E-state index in [1.54, 1.807) is 0 Å². The third-order valence-electron chi connectivity index (χ3n) is 3.24. The maximum atomic E-state index is 12.0. The lowest BCUT2D eigenvalue weighted by Crippen LogP contribution is -2.11. The summed E-state index contributed by atoms with van der Waals surface area (Å²) in [5.74, 6) is -0.642. The summed E-state index contributed by atoms with van der Waals surface area (Å²) < 4.78 is 5.80. The van der Waals surface area contributed by atoms with Crippen molar-refractivity contribution in [2.75, 3.05) is 12.4 Å². The maximum Gasteiger partial charge on any atom is 0.341 e. The normalized spacial score (nSPS) is 11.5. The Balaban J connectivity index is 2.67. The molecule has 112 valence electrons. The van der Waals surface area contributed by atoms with Crippen molar-refractivity contribution in [2.24, 2.45) is 0 Å². The van der Waals surface area contributed by atoms with Crippen LogP contribution >= 0.6 is 11.3 Å². The summed E-state index contributed by atoms with van der Waals surface area (Å²) in [4.78, 5) is 23.3. The molecule has 2 aromatic rings. The fourth-order valence-electron chi connectivity index (χ4n) is 2.12. The van der Waals surface area contributed by atoms with Crippen LogP contribution in [-0.4, -0.2) is 19.0 Å². The second-order valence-electron chi connectivity index (χ2n) is 5.94. The van der Waals surface area contributed by atoms with Gasteiger partial charge in [0, 0.05) is 17.0 Å². The minimum atomic E-state index is -0.437. The van der Waals surface area contributed by atoms with Crippen molar-refractivity contribution in [1.82, 2.24) is 0 Å². The molecule has 0 saturated heterocycles. The first-order valence-corrected chi connectivity index (χ1v) is 7.48. The number of ether oxygens (including phenoxy) is 1. The number of thiophene rings is 1. The second kappa shape index (κ2) is 5.48. The zero-order valence-corrected chi connectivity index (χ0v) is 13.7.